The molecular formula is C20H19N5O2S. The van der Waals surface area contributed by atoms with Crippen molar-refractivity contribution < 1.29 is 9.90 Å². The molecule has 1 amide bonds. The second kappa shape index (κ2) is 7.06. The zero-order valence-electron chi connectivity index (χ0n) is 14.9. The van der Waals surface area contributed by atoms with E-state index in [0.717, 1.165) is 0 Å². The number of nitrogen functional groups attached to an aromatic ring is 1. The Morgan fingerprint density at radius 2 is 1.93 bits per heavy atom. The van der Waals surface area contributed by atoms with E-state index in [1.54, 1.807) is 35.0 Å². The van der Waals surface area contributed by atoms with Gasteiger partial charge in [-0.1, -0.05) is 42.5 Å². The van der Waals surface area contributed by atoms with Crippen LogP contribution in [0.1, 0.15) is 17.5 Å². The van der Waals surface area contributed by atoms with Gasteiger partial charge in [-0.2, -0.15) is 0 Å². The van der Waals surface area contributed by atoms with Crippen molar-refractivity contribution in [3.63, 3.8) is 0 Å². The van der Waals surface area contributed by atoms with Crippen LogP contribution in [-0.4, -0.2) is 20.7 Å². The van der Waals surface area contributed by atoms with Gasteiger partial charge < -0.3 is 16.6 Å². The Morgan fingerprint density at radius 1 is 1.14 bits per heavy atom. The Labute approximate surface area is 166 Å². The van der Waals surface area contributed by atoms with Gasteiger partial charge in [-0.25, -0.2) is 14.1 Å². The number of carbonyl (C=O) groups excluding carboxylic acids is 1. The van der Waals surface area contributed by atoms with Crippen molar-refractivity contribution in [2.24, 2.45) is 5.73 Å². The van der Waals surface area contributed by atoms with E-state index >= 15 is 0 Å². The highest BCUT2D eigenvalue weighted by atomic mass is 32.2. The molecule has 1 unspecified atom stereocenters. The number of anilines is 1. The number of imidazole rings is 1. The topological polar surface area (TPSA) is 110 Å². The molecular weight excluding hydrogens is 374 g/mol. The van der Waals surface area contributed by atoms with Gasteiger partial charge in [-0.05, 0) is 34.7 Å². The van der Waals surface area contributed by atoms with Crippen LogP contribution in [0.5, 0.6) is 0 Å². The van der Waals surface area contributed by atoms with Gasteiger partial charge in [0.1, 0.15) is 5.60 Å². The minimum Gasteiger partial charge on any atom is -0.380 e. The third-order valence-corrected chi connectivity index (χ3v) is 5.36. The number of primary amides is 1. The lowest BCUT2D eigenvalue weighted by molar-refractivity contribution is -0.121. The molecule has 28 heavy (non-hydrogen) atoms. The van der Waals surface area contributed by atoms with Crippen molar-refractivity contribution in [2.45, 2.75) is 12.0 Å². The van der Waals surface area contributed by atoms with Crippen molar-refractivity contribution in [3.8, 4) is 0 Å². The molecule has 1 aromatic heterocycles. The van der Waals surface area contributed by atoms with Crippen molar-refractivity contribution in [3.05, 3.63) is 83.4 Å². The van der Waals surface area contributed by atoms with Crippen LogP contribution in [0.3, 0.4) is 0 Å². The first-order chi connectivity index (χ1) is 13.5. The van der Waals surface area contributed by atoms with Crippen molar-refractivity contribution >= 4 is 34.8 Å². The molecule has 3 aromatic rings. The maximum atomic E-state index is 11.7. The number of allylic oxidation sites excluding steroid dienone is 2. The number of benzene rings is 2. The molecule has 2 heterocycles. The molecule has 7 nitrogen and oxygen atoms in total. The van der Waals surface area contributed by atoms with E-state index in [9.17, 15) is 9.90 Å². The second-order valence-electron chi connectivity index (χ2n) is 6.43. The number of carbonyl (C=O) groups is 1. The van der Waals surface area contributed by atoms with E-state index in [1.165, 1.54) is 11.9 Å². The minimum atomic E-state index is -1.56. The Morgan fingerprint density at radius 3 is 2.61 bits per heavy atom. The lowest BCUT2D eigenvalue weighted by Gasteiger charge is -2.28. The molecule has 1 aliphatic rings. The number of hydrogen-bond acceptors (Lipinski definition) is 6. The molecule has 1 aliphatic heterocycles. The summed E-state index contributed by atoms with van der Waals surface area (Å²) < 4.78 is 3.59. The SMILES string of the molecule is NC(=O)CC(O)(c1ccccc1)c1ccc2nc(N)n(N3C=CC=CS3)c2c1. The van der Waals surface area contributed by atoms with Crippen LogP contribution in [0.15, 0.2) is 72.3 Å². The number of aliphatic hydroxyl groups is 1. The zero-order chi connectivity index (χ0) is 19.7. The third kappa shape index (κ3) is 3.12. The first-order valence-corrected chi connectivity index (χ1v) is 9.47. The van der Waals surface area contributed by atoms with Crippen molar-refractivity contribution in [1.29, 1.82) is 0 Å². The molecule has 2 aromatic carbocycles. The number of aromatic nitrogens is 2. The van der Waals surface area contributed by atoms with Crippen LogP contribution in [0.25, 0.3) is 11.0 Å². The van der Waals surface area contributed by atoms with Gasteiger partial charge in [0.15, 0.2) is 0 Å². The predicted octanol–water partition coefficient (Wildman–Crippen LogP) is 2.36. The molecule has 0 radical (unpaired) electrons. The van der Waals surface area contributed by atoms with Gasteiger partial charge in [-0.15, -0.1) is 0 Å². The highest BCUT2D eigenvalue weighted by molar-refractivity contribution is 8.03. The maximum Gasteiger partial charge on any atom is 0.221 e. The van der Waals surface area contributed by atoms with E-state index in [2.05, 4.69) is 4.98 Å². The number of amides is 1. The molecule has 1 atom stereocenters. The summed E-state index contributed by atoms with van der Waals surface area (Å²) in [6, 6.07) is 14.3. The molecule has 142 valence electrons. The Kier molecular flexibility index (Phi) is 4.58. The summed E-state index contributed by atoms with van der Waals surface area (Å²) in [6.45, 7) is 0. The quantitative estimate of drug-likeness (QED) is 0.574. The van der Waals surface area contributed by atoms with E-state index < -0.39 is 11.5 Å². The van der Waals surface area contributed by atoms with Gasteiger partial charge in [0.25, 0.3) is 0 Å². The predicted molar refractivity (Wildman–Crippen MR) is 111 cm³/mol. The monoisotopic (exact) mass is 393 g/mol. The van der Waals surface area contributed by atoms with Crippen molar-refractivity contribution in [1.82, 2.24) is 9.66 Å². The Bertz CT molecular complexity index is 1090. The maximum absolute atomic E-state index is 11.7. The lowest BCUT2D eigenvalue weighted by atomic mass is 9.83. The second-order valence-corrected chi connectivity index (χ2v) is 7.29. The molecule has 0 fully saturated rings. The molecule has 0 bridgehead atoms. The number of fused-ring (bicyclic) bond motifs is 1. The van der Waals surface area contributed by atoms with Crippen LogP contribution in [0.4, 0.5) is 5.95 Å². The van der Waals surface area contributed by atoms with Crippen LogP contribution in [-0.2, 0) is 10.4 Å². The van der Waals surface area contributed by atoms with Gasteiger partial charge in [0.2, 0.25) is 11.9 Å². The molecule has 0 saturated heterocycles. The van der Waals surface area contributed by atoms with E-state index in [1.807, 2.05) is 46.4 Å². The fraction of sp³-hybridized carbons (Fsp3) is 0.100. The largest absolute Gasteiger partial charge is 0.380 e. The Hall–Kier alpha value is -3.23. The summed E-state index contributed by atoms with van der Waals surface area (Å²) in [6.07, 6.45) is 5.43. The smallest absolute Gasteiger partial charge is 0.221 e. The fourth-order valence-electron chi connectivity index (χ4n) is 3.30. The van der Waals surface area contributed by atoms with Gasteiger partial charge in [0.05, 0.1) is 17.5 Å². The van der Waals surface area contributed by atoms with Crippen LogP contribution < -0.4 is 15.9 Å². The van der Waals surface area contributed by atoms with Gasteiger partial charge >= 0.3 is 0 Å². The number of nitrogens with zero attached hydrogens (tertiary/aromatic N) is 3. The molecule has 0 spiro atoms. The molecule has 0 saturated carbocycles. The summed E-state index contributed by atoms with van der Waals surface area (Å²) in [4.78, 5) is 16.1. The third-order valence-electron chi connectivity index (χ3n) is 4.58. The molecule has 4 rings (SSSR count). The molecule has 0 aliphatic carbocycles. The first-order valence-electron chi connectivity index (χ1n) is 8.63. The highest BCUT2D eigenvalue weighted by Gasteiger charge is 2.34. The number of hydrogen-bond donors (Lipinski definition) is 3. The van der Waals surface area contributed by atoms with E-state index in [-0.39, 0.29) is 6.42 Å². The summed E-state index contributed by atoms with van der Waals surface area (Å²) >= 11 is 1.44. The van der Waals surface area contributed by atoms with Crippen LogP contribution >= 0.6 is 11.9 Å². The minimum absolute atomic E-state index is 0.243. The normalized spacial score (nSPS) is 15.7. The highest BCUT2D eigenvalue weighted by Crippen LogP contribution is 2.35. The standard InChI is InChI=1S/C20H19N5O2S/c21-18(26)13-20(27,14-6-2-1-3-7-14)15-8-9-16-17(12-15)25(19(22)23-16)24-10-4-5-11-28-24/h1-12,27H,13H2,(H2,21,26)(H2,22,23). The van der Waals surface area contributed by atoms with Gasteiger partial charge in [-0.3, -0.25) is 4.79 Å². The molecule has 5 N–H and O–H groups in total. The summed E-state index contributed by atoms with van der Waals surface area (Å²) in [5, 5.41) is 13.4. The first kappa shape index (κ1) is 18.1. The Balaban J connectivity index is 1.88. The lowest BCUT2D eigenvalue weighted by Crippen LogP contribution is -2.33. The number of rotatable bonds is 5. The summed E-state index contributed by atoms with van der Waals surface area (Å²) in [7, 11) is 0. The van der Waals surface area contributed by atoms with E-state index in [0.29, 0.717) is 28.1 Å². The van der Waals surface area contributed by atoms with Crippen LogP contribution in [0.2, 0.25) is 0 Å². The number of nitrogens with two attached hydrogens (primary N) is 2. The summed E-state index contributed by atoms with van der Waals surface area (Å²) in [5.74, 6) is -0.281. The summed E-state index contributed by atoms with van der Waals surface area (Å²) in [5.41, 5.74) is 12.5. The van der Waals surface area contributed by atoms with Crippen molar-refractivity contribution in [2.75, 3.05) is 10.1 Å². The average molecular weight is 393 g/mol. The van der Waals surface area contributed by atoms with Crippen LogP contribution in [0, 0.1) is 0 Å². The van der Waals surface area contributed by atoms with Gasteiger partial charge in [0, 0.05) is 18.1 Å². The van der Waals surface area contributed by atoms with E-state index in [4.69, 9.17) is 11.5 Å². The molecule has 8 heteroatoms. The average Bonchev–Trinajstić information content (AvgIpc) is 3.03. The zero-order valence-corrected chi connectivity index (χ0v) is 15.7. The fourth-order valence-corrected chi connectivity index (χ4v) is 3.99.